The van der Waals surface area contributed by atoms with E-state index in [9.17, 15) is 4.79 Å². The molecule has 2 heterocycles. The molecule has 1 fully saturated rings. The van der Waals surface area contributed by atoms with Gasteiger partial charge in [0, 0.05) is 35.1 Å². The van der Waals surface area contributed by atoms with Crippen molar-refractivity contribution in [2.75, 3.05) is 7.11 Å². The van der Waals surface area contributed by atoms with E-state index in [2.05, 4.69) is 25.5 Å². The second-order valence-corrected chi connectivity index (χ2v) is 7.38. The van der Waals surface area contributed by atoms with Crippen LogP contribution in [0.15, 0.2) is 43.0 Å². The van der Waals surface area contributed by atoms with Crippen LogP contribution in [-0.4, -0.2) is 39.4 Å². The summed E-state index contributed by atoms with van der Waals surface area (Å²) in [6.07, 6.45) is 11.2. The number of hydrogen-bond acceptors (Lipinski definition) is 6. The number of pyridine rings is 1. The molecule has 0 unspecified atom stereocenters. The predicted octanol–water partition coefficient (Wildman–Crippen LogP) is 4.35. The molecule has 1 aliphatic carbocycles. The molecule has 0 spiro atoms. The zero-order valence-electron chi connectivity index (χ0n) is 16.9. The van der Waals surface area contributed by atoms with Gasteiger partial charge >= 0.3 is 6.09 Å². The lowest BCUT2D eigenvalue weighted by Crippen LogP contribution is -2.36. The zero-order chi connectivity index (χ0) is 20.8. The van der Waals surface area contributed by atoms with Gasteiger partial charge in [-0.2, -0.15) is 5.10 Å². The lowest BCUT2D eigenvalue weighted by Gasteiger charge is -2.16. The number of nitrogens with one attached hydrogen (secondary N) is 2. The Morgan fingerprint density at radius 2 is 1.90 bits per heavy atom. The van der Waals surface area contributed by atoms with Crippen molar-refractivity contribution >= 4 is 6.09 Å². The van der Waals surface area contributed by atoms with E-state index >= 15 is 0 Å². The SMILES string of the molecule is COc1ccc(OC(=O)NC2CCCCCC2)cc1-c1cncc(-c2ncn[nH]2)c1. The standard InChI is InChI=1S/C22H25N5O3/c1-29-20-9-8-18(30-22(28)26-17-6-4-2-3-5-7-17)11-19(20)15-10-16(13-23-12-15)21-24-14-25-27-21/h8-14,17H,2-7H2,1H3,(H,26,28)(H,24,25,27). The number of amides is 1. The first-order chi connectivity index (χ1) is 14.7. The molecule has 4 rings (SSSR count). The summed E-state index contributed by atoms with van der Waals surface area (Å²) in [4.78, 5) is 20.9. The maximum atomic E-state index is 12.4. The number of methoxy groups -OCH3 is 1. The number of ether oxygens (including phenoxy) is 2. The van der Waals surface area contributed by atoms with Crippen molar-refractivity contribution in [3.63, 3.8) is 0 Å². The largest absolute Gasteiger partial charge is 0.496 e. The van der Waals surface area contributed by atoms with Gasteiger partial charge in [-0.05, 0) is 37.1 Å². The smallest absolute Gasteiger partial charge is 0.412 e. The van der Waals surface area contributed by atoms with Gasteiger partial charge in [0.15, 0.2) is 5.82 Å². The molecule has 156 valence electrons. The van der Waals surface area contributed by atoms with E-state index < -0.39 is 6.09 Å². The summed E-state index contributed by atoms with van der Waals surface area (Å²) < 4.78 is 11.1. The summed E-state index contributed by atoms with van der Waals surface area (Å²) in [7, 11) is 1.60. The maximum absolute atomic E-state index is 12.4. The third kappa shape index (κ3) is 4.76. The number of rotatable bonds is 5. The highest BCUT2D eigenvalue weighted by atomic mass is 16.6. The Morgan fingerprint density at radius 3 is 2.63 bits per heavy atom. The van der Waals surface area contributed by atoms with Crippen molar-refractivity contribution in [1.29, 1.82) is 0 Å². The van der Waals surface area contributed by atoms with E-state index in [1.807, 2.05) is 6.07 Å². The second kappa shape index (κ2) is 9.39. The van der Waals surface area contributed by atoms with Crippen LogP contribution < -0.4 is 14.8 Å². The molecule has 0 radical (unpaired) electrons. The molecule has 1 amide bonds. The molecule has 1 aliphatic rings. The molecule has 1 aromatic carbocycles. The minimum absolute atomic E-state index is 0.181. The Balaban J connectivity index is 1.54. The van der Waals surface area contributed by atoms with Gasteiger partial charge in [-0.3, -0.25) is 10.1 Å². The zero-order valence-corrected chi connectivity index (χ0v) is 16.9. The average molecular weight is 407 g/mol. The maximum Gasteiger partial charge on any atom is 0.412 e. The van der Waals surface area contributed by atoms with Gasteiger partial charge in [0.05, 0.1) is 7.11 Å². The summed E-state index contributed by atoms with van der Waals surface area (Å²) in [6.45, 7) is 0. The van der Waals surface area contributed by atoms with Crippen LogP contribution in [0.2, 0.25) is 0 Å². The first kappa shape index (κ1) is 19.9. The van der Waals surface area contributed by atoms with Crippen molar-refractivity contribution in [2.45, 2.75) is 44.6 Å². The quantitative estimate of drug-likeness (QED) is 0.610. The molecule has 2 aromatic heterocycles. The van der Waals surface area contributed by atoms with Crippen LogP contribution in [0, 0.1) is 0 Å². The second-order valence-electron chi connectivity index (χ2n) is 7.38. The molecule has 30 heavy (non-hydrogen) atoms. The topological polar surface area (TPSA) is 102 Å². The third-order valence-electron chi connectivity index (χ3n) is 5.30. The lowest BCUT2D eigenvalue weighted by molar-refractivity contribution is 0.194. The fourth-order valence-electron chi connectivity index (χ4n) is 3.76. The van der Waals surface area contributed by atoms with Gasteiger partial charge in [0.25, 0.3) is 0 Å². The van der Waals surface area contributed by atoms with E-state index in [-0.39, 0.29) is 6.04 Å². The van der Waals surface area contributed by atoms with Gasteiger partial charge in [0.1, 0.15) is 17.8 Å². The molecule has 8 heteroatoms. The van der Waals surface area contributed by atoms with E-state index in [0.717, 1.165) is 42.4 Å². The predicted molar refractivity (Wildman–Crippen MR) is 112 cm³/mol. The van der Waals surface area contributed by atoms with Crippen molar-refractivity contribution in [1.82, 2.24) is 25.5 Å². The molecule has 2 N–H and O–H groups in total. The number of aromatic amines is 1. The third-order valence-corrected chi connectivity index (χ3v) is 5.30. The Morgan fingerprint density at radius 1 is 1.10 bits per heavy atom. The molecule has 8 nitrogen and oxygen atoms in total. The Hall–Kier alpha value is -3.42. The summed E-state index contributed by atoms with van der Waals surface area (Å²) in [5.41, 5.74) is 2.38. The van der Waals surface area contributed by atoms with Crippen LogP contribution in [0.4, 0.5) is 4.79 Å². The summed E-state index contributed by atoms with van der Waals surface area (Å²) >= 11 is 0. The van der Waals surface area contributed by atoms with Crippen molar-refractivity contribution in [2.24, 2.45) is 0 Å². The van der Waals surface area contributed by atoms with Crippen molar-refractivity contribution in [3.8, 4) is 34.0 Å². The molecule has 0 aliphatic heterocycles. The summed E-state index contributed by atoms with van der Waals surface area (Å²) in [6, 6.07) is 7.40. The monoisotopic (exact) mass is 407 g/mol. The van der Waals surface area contributed by atoms with Gasteiger partial charge in [0.2, 0.25) is 0 Å². The fourth-order valence-corrected chi connectivity index (χ4v) is 3.76. The number of carbonyl (C=O) groups is 1. The number of carbonyl (C=O) groups excluding carboxylic acids is 1. The fraction of sp³-hybridized carbons (Fsp3) is 0.364. The van der Waals surface area contributed by atoms with Crippen LogP contribution >= 0.6 is 0 Å². The molecule has 0 atom stereocenters. The minimum atomic E-state index is -0.424. The summed E-state index contributed by atoms with van der Waals surface area (Å²) in [5.74, 6) is 1.73. The van der Waals surface area contributed by atoms with Crippen LogP contribution in [0.25, 0.3) is 22.5 Å². The molecule has 0 saturated heterocycles. The van der Waals surface area contributed by atoms with Gasteiger partial charge in [-0.15, -0.1) is 0 Å². The van der Waals surface area contributed by atoms with E-state index in [1.165, 1.54) is 19.2 Å². The van der Waals surface area contributed by atoms with Crippen molar-refractivity contribution < 1.29 is 14.3 Å². The molecule has 1 saturated carbocycles. The lowest BCUT2D eigenvalue weighted by atomic mass is 10.0. The first-order valence-corrected chi connectivity index (χ1v) is 10.2. The minimum Gasteiger partial charge on any atom is -0.496 e. The van der Waals surface area contributed by atoms with E-state index in [0.29, 0.717) is 17.3 Å². The Labute approximate surface area is 175 Å². The van der Waals surface area contributed by atoms with Gasteiger partial charge in [-0.25, -0.2) is 9.78 Å². The van der Waals surface area contributed by atoms with Crippen LogP contribution in [0.5, 0.6) is 11.5 Å². The number of hydrogen-bond donors (Lipinski definition) is 2. The van der Waals surface area contributed by atoms with Gasteiger partial charge in [-0.1, -0.05) is 25.7 Å². The number of H-pyrrole nitrogens is 1. The highest BCUT2D eigenvalue weighted by Crippen LogP contribution is 2.34. The van der Waals surface area contributed by atoms with Gasteiger partial charge < -0.3 is 14.8 Å². The molecule has 0 bridgehead atoms. The highest BCUT2D eigenvalue weighted by Gasteiger charge is 2.17. The van der Waals surface area contributed by atoms with E-state index in [1.54, 1.807) is 37.7 Å². The highest BCUT2D eigenvalue weighted by molar-refractivity contribution is 5.76. The average Bonchev–Trinajstić information content (AvgIpc) is 3.19. The number of aromatic nitrogens is 4. The van der Waals surface area contributed by atoms with Crippen LogP contribution in [0.1, 0.15) is 38.5 Å². The van der Waals surface area contributed by atoms with E-state index in [4.69, 9.17) is 9.47 Å². The molecule has 3 aromatic rings. The summed E-state index contributed by atoms with van der Waals surface area (Å²) in [5, 5.41) is 9.71. The number of nitrogens with zero attached hydrogens (tertiary/aromatic N) is 3. The van der Waals surface area contributed by atoms with Crippen molar-refractivity contribution in [3.05, 3.63) is 43.0 Å². The Kier molecular flexibility index (Phi) is 6.22. The Bertz CT molecular complexity index is 982. The first-order valence-electron chi connectivity index (χ1n) is 10.2. The molecular formula is C22H25N5O3. The number of benzene rings is 1. The molecular weight excluding hydrogens is 382 g/mol. The van der Waals surface area contributed by atoms with Crippen LogP contribution in [-0.2, 0) is 0 Å². The van der Waals surface area contributed by atoms with Crippen LogP contribution in [0.3, 0.4) is 0 Å². The normalized spacial score (nSPS) is 14.7.